The van der Waals surface area contributed by atoms with Crippen molar-refractivity contribution in [1.29, 1.82) is 0 Å². The number of hydrazone groups is 1. The summed E-state index contributed by atoms with van der Waals surface area (Å²) in [7, 11) is 0. The molecule has 0 aliphatic rings. The predicted molar refractivity (Wildman–Crippen MR) is 78.8 cm³/mol. The fourth-order valence-corrected chi connectivity index (χ4v) is 1.72. The van der Waals surface area contributed by atoms with Gasteiger partial charge in [-0.3, -0.25) is 4.79 Å². The highest BCUT2D eigenvalue weighted by Crippen LogP contribution is 2.09. The Morgan fingerprint density at radius 1 is 1.10 bits per heavy atom. The lowest BCUT2D eigenvalue weighted by atomic mass is 10.1. The zero-order valence-corrected chi connectivity index (χ0v) is 11.0. The SMILES string of the molecule is O=C(N/N=C/CCc1ccccc1)c1ccc(O)cc1. The van der Waals surface area contributed by atoms with Crippen LogP contribution in [0, 0.1) is 0 Å². The standard InChI is InChI=1S/C16H16N2O2/c19-15-10-8-14(9-11-15)16(20)18-17-12-4-7-13-5-2-1-3-6-13/h1-3,5-6,8-12,19H,4,7H2,(H,18,20)/b17-12+. The summed E-state index contributed by atoms with van der Waals surface area (Å²) in [5.41, 5.74) is 4.15. The van der Waals surface area contributed by atoms with Gasteiger partial charge in [-0.15, -0.1) is 0 Å². The normalized spacial score (nSPS) is 10.6. The second-order valence-electron chi connectivity index (χ2n) is 4.32. The van der Waals surface area contributed by atoms with E-state index in [-0.39, 0.29) is 11.7 Å². The Morgan fingerprint density at radius 3 is 2.50 bits per heavy atom. The molecule has 0 aliphatic carbocycles. The molecule has 0 aromatic heterocycles. The van der Waals surface area contributed by atoms with Crippen LogP contribution in [-0.4, -0.2) is 17.2 Å². The third-order valence-corrected chi connectivity index (χ3v) is 2.79. The van der Waals surface area contributed by atoms with Crippen molar-refractivity contribution in [2.24, 2.45) is 5.10 Å². The van der Waals surface area contributed by atoms with Gasteiger partial charge >= 0.3 is 0 Å². The van der Waals surface area contributed by atoms with E-state index in [1.54, 1.807) is 18.3 Å². The average molecular weight is 268 g/mol. The summed E-state index contributed by atoms with van der Waals surface area (Å²) in [6.07, 6.45) is 3.34. The lowest BCUT2D eigenvalue weighted by Gasteiger charge is -2.00. The van der Waals surface area contributed by atoms with Gasteiger partial charge < -0.3 is 5.11 Å². The number of nitrogens with one attached hydrogen (secondary N) is 1. The van der Waals surface area contributed by atoms with Gasteiger partial charge in [-0.05, 0) is 42.7 Å². The maximum absolute atomic E-state index is 11.7. The fraction of sp³-hybridized carbons (Fsp3) is 0.125. The molecule has 0 aliphatic heterocycles. The predicted octanol–water partition coefficient (Wildman–Crippen LogP) is 2.74. The average Bonchev–Trinajstić information content (AvgIpc) is 2.48. The summed E-state index contributed by atoms with van der Waals surface area (Å²) in [6.45, 7) is 0. The highest BCUT2D eigenvalue weighted by molar-refractivity contribution is 5.94. The van der Waals surface area contributed by atoms with Crippen molar-refractivity contribution in [2.75, 3.05) is 0 Å². The van der Waals surface area contributed by atoms with E-state index < -0.39 is 0 Å². The first-order chi connectivity index (χ1) is 9.75. The molecule has 4 heteroatoms. The first-order valence-corrected chi connectivity index (χ1v) is 6.40. The molecule has 0 spiro atoms. The zero-order chi connectivity index (χ0) is 14.2. The Kier molecular flexibility index (Phi) is 4.89. The number of hydrogen-bond donors (Lipinski definition) is 2. The highest BCUT2D eigenvalue weighted by atomic mass is 16.3. The number of carbonyl (C=O) groups excluding carboxylic acids is 1. The van der Waals surface area contributed by atoms with E-state index in [1.165, 1.54) is 17.7 Å². The Labute approximate surface area is 117 Å². The number of nitrogens with zero attached hydrogens (tertiary/aromatic N) is 1. The van der Waals surface area contributed by atoms with E-state index in [0.717, 1.165) is 12.8 Å². The number of aryl methyl sites for hydroxylation is 1. The molecule has 0 saturated carbocycles. The summed E-state index contributed by atoms with van der Waals surface area (Å²) >= 11 is 0. The lowest BCUT2D eigenvalue weighted by Crippen LogP contribution is -2.17. The Hall–Kier alpha value is -2.62. The largest absolute Gasteiger partial charge is 0.508 e. The molecular weight excluding hydrogens is 252 g/mol. The Morgan fingerprint density at radius 2 is 1.80 bits per heavy atom. The molecule has 0 heterocycles. The van der Waals surface area contributed by atoms with Crippen molar-refractivity contribution >= 4 is 12.1 Å². The summed E-state index contributed by atoms with van der Waals surface area (Å²) < 4.78 is 0. The van der Waals surface area contributed by atoms with Crippen LogP contribution in [0.4, 0.5) is 0 Å². The van der Waals surface area contributed by atoms with Crippen molar-refractivity contribution in [3.63, 3.8) is 0 Å². The second kappa shape index (κ2) is 7.09. The van der Waals surface area contributed by atoms with E-state index in [1.807, 2.05) is 18.2 Å². The Bertz CT molecular complexity index is 577. The summed E-state index contributed by atoms with van der Waals surface area (Å²) in [5, 5.41) is 13.0. The lowest BCUT2D eigenvalue weighted by molar-refractivity contribution is 0.0955. The van der Waals surface area contributed by atoms with E-state index in [2.05, 4.69) is 22.7 Å². The molecule has 0 atom stereocenters. The van der Waals surface area contributed by atoms with Gasteiger partial charge in [0.05, 0.1) is 0 Å². The van der Waals surface area contributed by atoms with Crippen LogP contribution in [0.25, 0.3) is 0 Å². The molecule has 2 aromatic carbocycles. The van der Waals surface area contributed by atoms with Crippen LogP contribution in [-0.2, 0) is 6.42 Å². The van der Waals surface area contributed by atoms with Crippen LogP contribution in [0.5, 0.6) is 5.75 Å². The topological polar surface area (TPSA) is 61.7 Å². The summed E-state index contributed by atoms with van der Waals surface area (Å²) in [5.74, 6) is -0.158. The molecule has 2 N–H and O–H groups in total. The number of phenolic OH excluding ortho intramolecular Hbond substituents is 1. The zero-order valence-electron chi connectivity index (χ0n) is 11.0. The van der Waals surface area contributed by atoms with Crippen LogP contribution in [0.1, 0.15) is 22.3 Å². The molecule has 4 nitrogen and oxygen atoms in total. The molecule has 2 rings (SSSR count). The van der Waals surface area contributed by atoms with Gasteiger partial charge in [-0.25, -0.2) is 5.43 Å². The minimum atomic E-state index is -0.291. The third-order valence-electron chi connectivity index (χ3n) is 2.79. The van der Waals surface area contributed by atoms with Gasteiger partial charge in [0.1, 0.15) is 5.75 Å². The van der Waals surface area contributed by atoms with Gasteiger partial charge in [-0.1, -0.05) is 30.3 Å². The minimum Gasteiger partial charge on any atom is -0.508 e. The quantitative estimate of drug-likeness (QED) is 0.647. The number of amides is 1. The number of rotatable bonds is 5. The number of phenols is 1. The highest BCUT2D eigenvalue weighted by Gasteiger charge is 2.02. The molecule has 1 amide bonds. The van der Waals surface area contributed by atoms with Crippen LogP contribution >= 0.6 is 0 Å². The molecule has 102 valence electrons. The number of hydrogen-bond acceptors (Lipinski definition) is 3. The van der Waals surface area contributed by atoms with Gasteiger partial charge in [0.25, 0.3) is 5.91 Å². The van der Waals surface area contributed by atoms with Crippen LogP contribution in [0.3, 0.4) is 0 Å². The molecule has 0 saturated heterocycles. The molecule has 0 radical (unpaired) electrons. The van der Waals surface area contributed by atoms with E-state index in [9.17, 15) is 4.79 Å². The molecule has 0 unspecified atom stereocenters. The van der Waals surface area contributed by atoms with E-state index in [0.29, 0.717) is 5.56 Å². The maximum Gasteiger partial charge on any atom is 0.271 e. The molecule has 20 heavy (non-hydrogen) atoms. The monoisotopic (exact) mass is 268 g/mol. The summed E-state index contributed by atoms with van der Waals surface area (Å²) in [4.78, 5) is 11.7. The van der Waals surface area contributed by atoms with Gasteiger partial charge in [0.15, 0.2) is 0 Å². The van der Waals surface area contributed by atoms with Gasteiger partial charge in [0.2, 0.25) is 0 Å². The minimum absolute atomic E-state index is 0.132. The first-order valence-electron chi connectivity index (χ1n) is 6.40. The molecule has 0 bridgehead atoms. The number of benzene rings is 2. The van der Waals surface area contributed by atoms with Crippen LogP contribution in [0.2, 0.25) is 0 Å². The fourth-order valence-electron chi connectivity index (χ4n) is 1.72. The van der Waals surface area contributed by atoms with E-state index >= 15 is 0 Å². The van der Waals surface area contributed by atoms with Gasteiger partial charge in [-0.2, -0.15) is 5.10 Å². The maximum atomic E-state index is 11.7. The summed E-state index contributed by atoms with van der Waals surface area (Å²) in [6, 6.07) is 16.1. The Balaban J connectivity index is 1.76. The third kappa shape index (κ3) is 4.24. The van der Waals surface area contributed by atoms with Crippen molar-refractivity contribution in [1.82, 2.24) is 5.43 Å². The number of carbonyl (C=O) groups is 1. The van der Waals surface area contributed by atoms with E-state index in [4.69, 9.17) is 5.11 Å². The van der Waals surface area contributed by atoms with Crippen molar-refractivity contribution in [3.8, 4) is 5.75 Å². The first kappa shape index (κ1) is 13.8. The molecular formula is C16H16N2O2. The smallest absolute Gasteiger partial charge is 0.271 e. The second-order valence-corrected chi connectivity index (χ2v) is 4.32. The number of aromatic hydroxyl groups is 1. The molecule has 2 aromatic rings. The van der Waals surface area contributed by atoms with Crippen LogP contribution < -0.4 is 5.43 Å². The van der Waals surface area contributed by atoms with Crippen molar-refractivity contribution in [3.05, 3.63) is 65.7 Å². The van der Waals surface area contributed by atoms with Crippen LogP contribution in [0.15, 0.2) is 59.7 Å². The van der Waals surface area contributed by atoms with Crippen molar-refractivity contribution < 1.29 is 9.90 Å². The van der Waals surface area contributed by atoms with Gasteiger partial charge in [0, 0.05) is 11.8 Å². The molecule has 0 fully saturated rings. The van der Waals surface area contributed by atoms with Crippen molar-refractivity contribution in [2.45, 2.75) is 12.8 Å².